The van der Waals surface area contributed by atoms with Gasteiger partial charge in [-0.2, -0.15) is 0 Å². The highest BCUT2D eigenvalue weighted by Gasteiger charge is 2.40. The normalized spacial score (nSPS) is 20.7. The van der Waals surface area contributed by atoms with Crippen LogP contribution in [0, 0.1) is 0 Å². The van der Waals surface area contributed by atoms with Gasteiger partial charge < -0.3 is 9.47 Å². The van der Waals surface area contributed by atoms with E-state index in [4.69, 9.17) is 9.47 Å². The number of ether oxygens (including phenoxy) is 2. The second-order valence-corrected chi connectivity index (χ2v) is 4.94. The van der Waals surface area contributed by atoms with Gasteiger partial charge in [-0.3, -0.25) is 10.1 Å². The summed E-state index contributed by atoms with van der Waals surface area (Å²) in [5, 5.41) is 3.39. The number of nitrogens with one attached hydrogen (secondary N) is 1. The Kier molecular flexibility index (Phi) is 5.40. The molecule has 1 N–H and O–H groups in total. The van der Waals surface area contributed by atoms with Crippen molar-refractivity contribution < 1.29 is 14.3 Å². The first-order valence-electron chi connectivity index (χ1n) is 6.58. The molecule has 0 heterocycles. The van der Waals surface area contributed by atoms with Crippen molar-refractivity contribution >= 4 is 5.97 Å². The maximum atomic E-state index is 12.0. The molecule has 4 nitrogen and oxygen atoms in total. The highest BCUT2D eigenvalue weighted by atomic mass is 16.5. The lowest BCUT2D eigenvalue weighted by Crippen LogP contribution is -2.53. The van der Waals surface area contributed by atoms with Crippen molar-refractivity contribution in [2.75, 3.05) is 13.2 Å². The van der Waals surface area contributed by atoms with Crippen LogP contribution in [0.4, 0.5) is 0 Å². The smallest absolute Gasteiger partial charge is 0.326 e. The van der Waals surface area contributed by atoms with E-state index >= 15 is 0 Å². The Morgan fingerprint density at radius 3 is 2.53 bits per heavy atom. The molecule has 17 heavy (non-hydrogen) atoms. The molecule has 0 radical (unpaired) electrons. The molecular weight excluding hydrogens is 218 g/mol. The monoisotopic (exact) mass is 243 g/mol. The lowest BCUT2D eigenvalue weighted by atomic mass is 9.94. The summed E-state index contributed by atoms with van der Waals surface area (Å²) in [5.41, 5.74) is -0.619. The van der Waals surface area contributed by atoms with Crippen LogP contribution in [0.25, 0.3) is 0 Å². The molecule has 0 spiro atoms. The molecule has 1 aliphatic carbocycles. The van der Waals surface area contributed by atoms with E-state index in [1.165, 1.54) is 0 Å². The highest BCUT2D eigenvalue weighted by Crippen LogP contribution is 2.26. The van der Waals surface area contributed by atoms with E-state index in [0.29, 0.717) is 25.7 Å². The summed E-state index contributed by atoms with van der Waals surface area (Å²) in [4.78, 5) is 12.0. The standard InChI is InChI=1S/C13H25NO3/c1-5-16-10(3)9-13(4,12(15)17-6-2)14-11-7-8-11/h10-11,14H,5-9H2,1-4H3. The van der Waals surface area contributed by atoms with Gasteiger partial charge in [-0.1, -0.05) is 0 Å². The Labute approximate surface area is 104 Å². The number of carbonyl (C=O) groups excluding carboxylic acids is 1. The Bertz CT molecular complexity index is 253. The molecule has 100 valence electrons. The fourth-order valence-corrected chi connectivity index (χ4v) is 2.09. The van der Waals surface area contributed by atoms with E-state index in [-0.39, 0.29) is 12.1 Å². The molecule has 1 fully saturated rings. The maximum absolute atomic E-state index is 12.0. The first-order valence-corrected chi connectivity index (χ1v) is 6.58. The molecule has 0 saturated heterocycles. The van der Waals surface area contributed by atoms with Gasteiger partial charge in [-0.25, -0.2) is 0 Å². The maximum Gasteiger partial charge on any atom is 0.326 e. The van der Waals surface area contributed by atoms with Gasteiger partial charge >= 0.3 is 5.97 Å². The zero-order valence-electron chi connectivity index (χ0n) is 11.4. The van der Waals surface area contributed by atoms with Crippen molar-refractivity contribution in [3.8, 4) is 0 Å². The lowest BCUT2D eigenvalue weighted by molar-refractivity contribution is -0.152. The van der Waals surface area contributed by atoms with Gasteiger partial charge in [0.05, 0.1) is 12.7 Å². The second kappa shape index (κ2) is 6.36. The zero-order valence-corrected chi connectivity index (χ0v) is 11.4. The van der Waals surface area contributed by atoms with E-state index < -0.39 is 5.54 Å². The molecule has 0 bridgehead atoms. The van der Waals surface area contributed by atoms with Crippen LogP contribution in [-0.2, 0) is 14.3 Å². The Morgan fingerprint density at radius 2 is 2.06 bits per heavy atom. The van der Waals surface area contributed by atoms with Crippen LogP contribution >= 0.6 is 0 Å². The van der Waals surface area contributed by atoms with Crippen LogP contribution in [0.15, 0.2) is 0 Å². The summed E-state index contributed by atoms with van der Waals surface area (Å²) in [6.45, 7) is 8.80. The van der Waals surface area contributed by atoms with E-state index in [0.717, 1.165) is 12.8 Å². The van der Waals surface area contributed by atoms with Crippen LogP contribution < -0.4 is 5.32 Å². The third-order valence-corrected chi connectivity index (χ3v) is 2.97. The Hall–Kier alpha value is -0.610. The summed E-state index contributed by atoms with van der Waals surface area (Å²) in [6, 6.07) is 0.471. The molecule has 1 saturated carbocycles. The zero-order chi connectivity index (χ0) is 12.9. The van der Waals surface area contributed by atoms with E-state index in [1.807, 2.05) is 27.7 Å². The molecule has 2 unspecified atom stereocenters. The Balaban J connectivity index is 2.59. The van der Waals surface area contributed by atoms with E-state index in [1.54, 1.807) is 0 Å². The third kappa shape index (κ3) is 4.64. The summed E-state index contributed by atoms with van der Waals surface area (Å²) < 4.78 is 10.7. The van der Waals surface area contributed by atoms with Crippen LogP contribution in [0.3, 0.4) is 0 Å². The quantitative estimate of drug-likeness (QED) is 0.661. The van der Waals surface area contributed by atoms with E-state index in [2.05, 4.69) is 5.32 Å². The summed E-state index contributed by atoms with van der Waals surface area (Å²) >= 11 is 0. The van der Waals surface area contributed by atoms with Crippen molar-refractivity contribution in [2.45, 2.75) is 64.6 Å². The Morgan fingerprint density at radius 1 is 1.41 bits per heavy atom. The van der Waals surface area contributed by atoms with Crippen molar-refractivity contribution in [3.63, 3.8) is 0 Å². The molecule has 0 aliphatic heterocycles. The van der Waals surface area contributed by atoms with Gasteiger partial charge in [-0.05, 0) is 40.5 Å². The summed E-state index contributed by atoms with van der Waals surface area (Å²) in [5.74, 6) is -0.168. The average molecular weight is 243 g/mol. The molecule has 4 heteroatoms. The van der Waals surface area contributed by atoms with Crippen LogP contribution in [0.5, 0.6) is 0 Å². The predicted octanol–water partition coefficient (Wildman–Crippen LogP) is 1.88. The average Bonchev–Trinajstić information content (AvgIpc) is 3.02. The summed E-state index contributed by atoms with van der Waals surface area (Å²) in [6.07, 6.45) is 3.01. The van der Waals surface area contributed by atoms with Gasteiger partial charge in [-0.15, -0.1) is 0 Å². The van der Waals surface area contributed by atoms with Crippen molar-refractivity contribution in [1.29, 1.82) is 0 Å². The number of rotatable bonds is 8. The topological polar surface area (TPSA) is 47.6 Å². The predicted molar refractivity (Wildman–Crippen MR) is 66.9 cm³/mol. The second-order valence-electron chi connectivity index (χ2n) is 4.94. The van der Waals surface area contributed by atoms with Crippen molar-refractivity contribution in [2.24, 2.45) is 0 Å². The summed E-state index contributed by atoms with van der Waals surface area (Å²) in [7, 11) is 0. The van der Waals surface area contributed by atoms with Crippen LogP contribution in [0.2, 0.25) is 0 Å². The molecule has 1 rings (SSSR count). The molecule has 2 atom stereocenters. The molecule has 0 aromatic heterocycles. The van der Waals surface area contributed by atoms with Gasteiger partial charge in [0.2, 0.25) is 0 Å². The molecule has 0 aromatic carbocycles. The van der Waals surface area contributed by atoms with Gasteiger partial charge in [0.15, 0.2) is 0 Å². The SMILES string of the molecule is CCOC(=O)C(C)(CC(C)OCC)NC1CC1. The largest absolute Gasteiger partial charge is 0.465 e. The van der Waals surface area contributed by atoms with Gasteiger partial charge in [0.25, 0.3) is 0 Å². The number of hydrogen-bond acceptors (Lipinski definition) is 4. The molecule has 0 amide bonds. The minimum absolute atomic E-state index is 0.0562. The first-order chi connectivity index (χ1) is 8.01. The van der Waals surface area contributed by atoms with Crippen LogP contribution in [-0.4, -0.2) is 36.9 Å². The van der Waals surface area contributed by atoms with Crippen molar-refractivity contribution in [1.82, 2.24) is 5.32 Å². The number of esters is 1. The molecule has 1 aliphatic rings. The fraction of sp³-hybridized carbons (Fsp3) is 0.923. The lowest BCUT2D eigenvalue weighted by Gasteiger charge is -2.31. The molecular formula is C13H25NO3. The minimum Gasteiger partial charge on any atom is -0.465 e. The number of carbonyl (C=O) groups is 1. The minimum atomic E-state index is -0.619. The van der Waals surface area contributed by atoms with Gasteiger partial charge in [0.1, 0.15) is 5.54 Å². The van der Waals surface area contributed by atoms with E-state index in [9.17, 15) is 4.79 Å². The number of hydrogen-bond donors (Lipinski definition) is 1. The fourth-order valence-electron chi connectivity index (χ4n) is 2.09. The highest BCUT2D eigenvalue weighted by molar-refractivity contribution is 5.80. The van der Waals surface area contributed by atoms with Gasteiger partial charge in [0, 0.05) is 19.1 Å². The molecule has 0 aromatic rings. The van der Waals surface area contributed by atoms with Crippen LogP contribution in [0.1, 0.15) is 47.0 Å². The third-order valence-electron chi connectivity index (χ3n) is 2.97. The van der Waals surface area contributed by atoms with Crippen molar-refractivity contribution in [3.05, 3.63) is 0 Å². The first kappa shape index (κ1) is 14.5.